The second-order valence-electron chi connectivity index (χ2n) is 4.67. The smallest absolute Gasteiger partial charge is 0.120 e. The van der Waals surface area contributed by atoms with Crippen LogP contribution in [0, 0.1) is 6.92 Å². The Bertz CT molecular complexity index is 495. The van der Waals surface area contributed by atoms with Gasteiger partial charge in [0.15, 0.2) is 0 Å². The summed E-state index contributed by atoms with van der Waals surface area (Å²) in [5, 5.41) is 0. The zero-order valence-electron chi connectivity index (χ0n) is 10.6. The lowest BCUT2D eigenvalue weighted by atomic mass is 10.0. The molecule has 2 aromatic rings. The highest BCUT2D eigenvalue weighted by Crippen LogP contribution is 2.27. The minimum absolute atomic E-state index is 0.416. The van der Waals surface area contributed by atoms with Crippen LogP contribution >= 0.6 is 0 Å². The first-order valence-electron chi connectivity index (χ1n) is 5.97. The Balaban J connectivity index is 2.49. The second-order valence-corrected chi connectivity index (χ2v) is 4.67. The quantitative estimate of drug-likeness (QED) is 0.850. The number of nitrogens with one attached hydrogen (secondary N) is 1. The number of hydrogen-bond donors (Lipinski definition) is 2. The lowest BCUT2D eigenvalue weighted by Gasteiger charge is -2.05. The molecule has 0 fully saturated rings. The number of nitrogens with two attached hydrogens (primary N) is 1. The first kappa shape index (κ1) is 11.9. The van der Waals surface area contributed by atoms with E-state index >= 15 is 0 Å². The van der Waals surface area contributed by atoms with Crippen LogP contribution < -0.4 is 5.73 Å². The normalized spacial score (nSPS) is 11.1. The van der Waals surface area contributed by atoms with Crippen LogP contribution in [0.2, 0.25) is 0 Å². The van der Waals surface area contributed by atoms with Crippen molar-refractivity contribution < 1.29 is 0 Å². The number of imidazole rings is 1. The molecule has 1 heterocycles. The zero-order chi connectivity index (χ0) is 12.4. The van der Waals surface area contributed by atoms with Gasteiger partial charge in [-0.1, -0.05) is 43.7 Å². The van der Waals surface area contributed by atoms with Crippen molar-refractivity contribution in [1.82, 2.24) is 9.97 Å². The average Bonchev–Trinajstić information content (AvgIpc) is 2.74. The molecule has 0 saturated heterocycles. The van der Waals surface area contributed by atoms with Gasteiger partial charge in [-0.05, 0) is 12.8 Å². The van der Waals surface area contributed by atoms with Gasteiger partial charge in [0.1, 0.15) is 5.82 Å². The summed E-state index contributed by atoms with van der Waals surface area (Å²) < 4.78 is 0. The van der Waals surface area contributed by atoms with Crippen molar-refractivity contribution in [3.05, 3.63) is 41.3 Å². The zero-order valence-corrected chi connectivity index (χ0v) is 10.6. The summed E-state index contributed by atoms with van der Waals surface area (Å²) in [5.74, 6) is 1.27. The molecule has 3 nitrogen and oxygen atoms in total. The van der Waals surface area contributed by atoms with Crippen LogP contribution in [0.1, 0.15) is 36.8 Å². The molecule has 17 heavy (non-hydrogen) atoms. The molecule has 1 aromatic carbocycles. The van der Waals surface area contributed by atoms with E-state index in [2.05, 4.69) is 55.0 Å². The number of nitrogens with zero attached hydrogens (tertiary/aromatic N) is 1. The Hall–Kier alpha value is -1.61. The van der Waals surface area contributed by atoms with Gasteiger partial charge < -0.3 is 10.7 Å². The first-order chi connectivity index (χ1) is 8.11. The van der Waals surface area contributed by atoms with Crippen LogP contribution in [0.25, 0.3) is 11.3 Å². The molecule has 0 unspecified atom stereocenters. The van der Waals surface area contributed by atoms with E-state index < -0.39 is 0 Å². The van der Waals surface area contributed by atoms with Crippen LogP contribution in [0.4, 0.5) is 0 Å². The molecule has 90 valence electrons. The molecule has 0 amide bonds. The van der Waals surface area contributed by atoms with Gasteiger partial charge in [-0.25, -0.2) is 4.98 Å². The predicted octanol–water partition coefficient (Wildman–Crippen LogP) is 2.97. The maximum absolute atomic E-state index is 5.64. The van der Waals surface area contributed by atoms with Crippen LogP contribution in [0.15, 0.2) is 24.3 Å². The lowest BCUT2D eigenvalue weighted by Crippen LogP contribution is -1.98. The highest BCUT2D eigenvalue weighted by Gasteiger charge is 2.13. The minimum atomic E-state index is 0.416. The van der Waals surface area contributed by atoms with E-state index in [1.807, 2.05) is 0 Å². The van der Waals surface area contributed by atoms with Crippen molar-refractivity contribution in [2.75, 3.05) is 0 Å². The third-order valence-corrected chi connectivity index (χ3v) is 2.88. The molecular weight excluding hydrogens is 210 g/mol. The van der Waals surface area contributed by atoms with Crippen molar-refractivity contribution in [2.24, 2.45) is 5.73 Å². The number of aromatic amines is 1. The third-order valence-electron chi connectivity index (χ3n) is 2.88. The number of aryl methyl sites for hydroxylation is 1. The Morgan fingerprint density at radius 2 is 1.88 bits per heavy atom. The maximum Gasteiger partial charge on any atom is 0.120 e. The fourth-order valence-corrected chi connectivity index (χ4v) is 1.88. The number of H-pyrrole nitrogens is 1. The molecule has 0 atom stereocenters. The van der Waals surface area contributed by atoms with E-state index in [0.717, 1.165) is 22.8 Å². The summed E-state index contributed by atoms with van der Waals surface area (Å²) in [6.07, 6.45) is 0. The van der Waals surface area contributed by atoms with E-state index in [0.29, 0.717) is 12.5 Å². The number of benzene rings is 1. The van der Waals surface area contributed by atoms with Crippen molar-refractivity contribution in [2.45, 2.75) is 33.2 Å². The summed E-state index contributed by atoms with van der Waals surface area (Å²) in [4.78, 5) is 7.88. The van der Waals surface area contributed by atoms with Crippen LogP contribution in [-0.4, -0.2) is 9.97 Å². The van der Waals surface area contributed by atoms with E-state index in [1.165, 1.54) is 5.56 Å². The molecule has 0 aliphatic carbocycles. The topological polar surface area (TPSA) is 54.7 Å². The number of hydrogen-bond acceptors (Lipinski definition) is 2. The van der Waals surface area contributed by atoms with Crippen molar-refractivity contribution in [3.8, 4) is 11.3 Å². The number of rotatable bonds is 3. The minimum Gasteiger partial charge on any atom is -0.344 e. The second kappa shape index (κ2) is 4.72. The summed E-state index contributed by atoms with van der Waals surface area (Å²) >= 11 is 0. The SMILES string of the molecule is Cc1ccc(-c2nc(CN)[nH]c2C(C)C)cc1. The highest BCUT2D eigenvalue weighted by atomic mass is 15.0. The van der Waals surface area contributed by atoms with Gasteiger partial charge in [-0.2, -0.15) is 0 Å². The largest absolute Gasteiger partial charge is 0.344 e. The average molecular weight is 229 g/mol. The Labute approximate surface area is 102 Å². The van der Waals surface area contributed by atoms with Gasteiger partial charge in [-0.3, -0.25) is 0 Å². The first-order valence-corrected chi connectivity index (χ1v) is 5.97. The fourth-order valence-electron chi connectivity index (χ4n) is 1.88. The third kappa shape index (κ3) is 2.39. The molecule has 2 rings (SSSR count). The van der Waals surface area contributed by atoms with Crippen molar-refractivity contribution in [3.63, 3.8) is 0 Å². The molecular formula is C14H19N3. The van der Waals surface area contributed by atoms with Gasteiger partial charge in [0.25, 0.3) is 0 Å². The molecule has 3 N–H and O–H groups in total. The van der Waals surface area contributed by atoms with Gasteiger partial charge >= 0.3 is 0 Å². The molecule has 0 aliphatic rings. The molecule has 0 aliphatic heterocycles. The summed E-state index contributed by atoms with van der Waals surface area (Å²) in [7, 11) is 0. The van der Waals surface area contributed by atoms with Gasteiger partial charge in [0.05, 0.1) is 12.2 Å². The molecule has 0 spiro atoms. The van der Waals surface area contributed by atoms with Gasteiger partial charge in [-0.15, -0.1) is 0 Å². The van der Waals surface area contributed by atoms with Crippen LogP contribution in [0.3, 0.4) is 0 Å². The van der Waals surface area contributed by atoms with Crippen molar-refractivity contribution in [1.29, 1.82) is 0 Å². The standard InChI is InChI=1S/C14H19N3/c1-9(2)13-14(17-12(8-15)16-13)11-6-4-10(3)5-7-11/h4-7,9H,8,15H2,1-3H3,(H,16,17). The maximum atomic E-state index is 5.64. The van der Waals surface area contributed by atoms with Gasteiger partial charge in [0, 0.05) is 11.3 Å². The Kier molecular flexibility index (Phi) is 3.29. The summed E-state index contributed by atoms with van der Waals surface area (Å²) in [5.41, 5.74) is 10.2. The molecule has 3 heteroatoms. The van der Waals surface area contributed by atoms with Crippen LogP contribution in [-0.2, 0) is 6.54 Å². The highest BCUT2D eigenvalue weighted by molar-refractivity contribution is 5.63. The predicted molar refractivity (Wildman–Crippen MR) is 70.7 cm³/mol. The fraction of sp³-hybridized carbons (Fsp3) is 0.357. The Morgan fingerprint density at radius 3 is 2.41 bits per heavy atom. The van der Waals surface area contributed by atoms with E-state index in [9.17, 15) is 0 Å². The number of aromatic nitrogens is 2. The molecule has 0 saturated carbocycles. The van der Waals surface area contributed by atoms with Crippen molar-refractivity contribution >= 4 is 0 Å². The van der Waals surface area contributed by atoms with E-state index in [4.69, 9.17) is 5.73 Å². The summed E-state index contributed by atoms with van der Waals surface area (Å²) in [6, 6.07) is 8.43. The Morgan fingerprint density at radius 1 is 1.24 bits per heavy atom. The molecule has 1 aromatic heterocycles. The molecule has 0 bridgehead atoms. The van der Waals surface area contributed by atoms with Gasteiger partial charge in [0.2, 0.25) is 0 Å². The monoisotopic (exact) mass is 229 g/mol. The van der Waals surface area contributed by atoms with Crippen LogP contribution in [0.5, 0.6) is 0 Å². The summed E-state index contributed by atoms with van der Waals surface area (Å²) in [6.45, 7) is 6.85. The molecule has 0 radical (unpaired) electrons. The van der Waals surface area contributed by atoms with E-state index in [-0.39, 0.29) is 0 Å². The van der Waals surface area contributed by atoms with E-state index in [1.54, 1.807) is 0 Å². The lowest BCUT2D eigenvalue weighted by molar-refractivity contribution is 0.822.